The van der Waals surface area contributed by atoms with Crippen molar-refractivity contribution in [3.63, 3.8) is 0 Å². The van der Waals surface area contributed by atoms with Crippen LogP contribution in [0.2, 0.25) is 0 Å². The Kier molecular flexibility index (Phi) is 2.72. The van der Waals surface area contributed by atoms with Crippen LogP contribution in [0.4, 0.5) is 8.78 Å². The summed E-state index contributed by atoms with van der Waals surface area (Å²) in [5, 5.41) is 19.8. The lowest BCUT2D eigenvalue weighted by molar-refractivity contribution is 0.225. The highest BCUT2D eigenvalue weighted by Gasteiger charge is 2.37. The van der Waals surface area contributed by atoms with Gasteiger partial charge in [-0.25, -0.2) is 4.39 Å². The molecule has 2 aromatic carbocycles. The maximum absolute atomic E-state index is 14.3. The monoisotopic (exact) mass is 301 g/mol. The molecule has 1 aliphatic heterocycles. The molecular weight excluding hydrogens is 286 g/mol. The van der Waals surface area contributed by atoms with E-state index in [2.05, 4.69) is 4.90 Å². The number of rotatable bonds is 0. The number of aromatic hydroxyl groups is 2. The molecule has 0 spiro atoms. The van der Waals surface area contributed by atoms with E-state index in [1.54, 1.807) is 6.07 Å². The number of phenols is 2. The summed E-state index contributed by atoms with van der Waals surface area (Å²) in [6, 6.07) is 5.63. The molecule has 0 amide bonds. The molecular formula is C17H15F2NO2. The number of likely N-dealkylation sites (N-methyl/N-ethyl adjacent to an activating group) is 1. The summed E-state index contributed by atoms with van der Waals surface area (Å²) < 4.78 is 28.1. The van der Waals surface area contributed by atoms with Gasteiger partial charge < -0.3 is 10.2 Å². The lowest BCUT2D eigenvalue weighted by atomic mass is 9.76. The number of fused-ring (bicyclic) bond motifs is 2. The molecule has 0 aromatic heterocycles. The van der Waals surface area contributed by atoms with Crippen LogP contribution in [0, 0.1) is 11.6 Å². The molecule has 22 heavy (non-hydrogen) atoms. The van der Waals surface area contributed by atoms with Crippen molar-refractivity contribution in [2.75, 3.05) is 13.6 Å². The van der Waals surface area contributed by atoms with Gasteiger partial charge >= 0.3 is 0 Å². The van der Waals surface area contributed by atoms with Crippen LogP contribution in [0.3, 0.4) is 0 Å². The Hall–Kier alpha value is -2.14. The largest absolute Gasteiger partial charge is 0.504 e. The van der Waals surface area contributed by atoms with Crippen LogP contribution in [0.15, 0.2) is 18.2 Å². The first-order valence-corrected chi connectivity index (χ1v) is 7.24. The van der Waals surface area contributed by atoms with Gasteiger partial charge in [-0.1, -0.05) is 18.2 Å². The summed E-state index contributed by atoms with van der Waals surface area (Å²) >= 11 is 0. The number of halogens is 2. The maximum Gasteiger partial charge on any atom is 0.204 e. The summed E-state index contributed by atoms with van der Waals surface area (Å²) in [5.74, 6) is -4.04. The topological polar surface area (TPSA) is 43.7 Å². The Balaban J connectivity index is 2.10. The van der Waals surface area contributed by atoms with Crippen molar-refractivity contribution < 1.29 is 19.0 Å². The van der Waals surface area contributed by atoms with E-state index in [9.17, 15) is 19.0 Å². The zero-order chi connectivity index (χ0) is 15.6. The second-order valence-corrected chi connectivity index (χ2v) is 6.01. The summed E-state index contributed by atoms with van der Waals surface area (Å²) in [5.41, 5.74) is 3.25. The minimum atomic E-state index is -1.38. The highest BCUT2D eigenvalue weighted by Crippen LogP contribution is 2.51. The number of benzene rings is 2. The lowest BCUT2D eigenvalue weighted by Gasteiger charge is -2.40. The fourth-order valence-corrected chi connectivity index (χ4v) is 3.76. The molecule has 1 atom stereocenters. The van der Waals surface area contributed by atoms with Crippen molar-refractivity contribution in [3.05, 3.63) is 46.5 Å². The highest BCUT2D eigenvalue weighted by atomic mass is 18.2. The fraction of sp³-hybridized carbons (Fsp3) is 0.294. The van der Waals surface area contributed by atoms with Gasteiger partial charge in [-0.15, -0.1) is 0 Å². The molecule has 0 saturated heterocycles. The van der Waals surface area contributed by atoms with Crippen LogP contribution < -0.4 is 0 Å². The van der Waals surface area contributed by atoms with Gasteiger partial charge in [0.25, 0.3) is 0 Å². The van der Waals surface area contributed by atoms with Gasteiger partial charge in [0.15, 0.2) is 17.3 Å². The summed E-state index contributed by atoms with van der Waals surface area (Å²) in [6.45, 7) is 0.852. The molecule has 2 N–H and O–H groups in total. The Morgan fingerprint density at radius 3 is 2.68 bits per heavy atom. The molecule has 2 aromatic rings. The number of phenolic OH excluding ortho intramolecular Hbond substituents is 2. The lowest BCUT2D eigenvalue weighted by Crippen LogP contribution is -2.35. The average molecular weight is 301 g/mol. The molecule has 2 aliphatic rings. The van der Waals surface area contributed by atoms with E-state index in [1.807, 2.05) is 19.2 Å². The van der Waals surface area contributed by atoms with E-state index in [0.717, 1.165) is 24.1 Å². The number of hydrogen-bond acceptors (Lipinski definition) is 3. The molecule has 1 aliphatic carbocycles. The van der Waals surface area contributed by atoms with Crippen molar-refractivity contribution in [3.8, 4) is 22.6 Å². The second kappa shape index (κ2) is 4.43. The average Bonchev–Trinajstić information content (AvgIpc) is 2.53. The Labute approximate surface area is 126 Å². The van der Waals surface area contributed by atoms with Crippen molar-refractivity contribution >= 4 is 0 Å². The molecule has 0 unspecified atom stereocenters. The first kappa shape index (κ1) is 13.5. The highest BCUT2D eigenvalue weighted by molar-refractivity contribution is 5.82. The third-order valence-corrected chi connectivity index (χ3v) is 4.89. The van der Waals surface area contributed by atoms with Crippen LogP contribution in [-0.4, -0.2) is 28.7 Å². The van der Waals surface area contributed by atoms with E-state index >= 15 is 0 Å². The van der Waals surface area contributed by atoms with Gasteiger partial charge in [-0.3, -0.25) is 4.90 Å². The molecule has 0 bridgehead atoms. The molecule has 114 valence electrons. The van der Waals surface area contributed by atoms with E-state index in [1.165, 1.54) is 0 Å². The fourth-order valence-electron chi connectivity index (χ4n) is 3.76. The van der Waals surface area contributed by atoms with Gasteiger partial charge in [-0.2, -0.15) is 4.39 Å². The minimum absolute atomic E-state index is 0.0368. The number of nitrogens with zero attached hydrogens (tertiary/aromatic N) is 1. The number of hydrogen-bond donors (Lipinski definition) is 2. The van der Waals surface area contributed by atoms with Crippen LogP contribution in [0.25, 0.3) is 11.1 Å². The van der Waals surface area contributed by atoms with Gasteiger partial charge in [-0.05, 0) is 36.6 Å². The van der Waals surface area contributed by atoms with Crippen LogP contribution in [0.5, 0.6) is 11.5 Å². The van der Waals surface area contributed by atoms with Crippen molar-refractivity contribution in [1.29, 1.82) is 0 Å². The summed E-state index contributed by atoms with van der Waals surface area (Å²) in [4.78, 5) is 2.12. The van der Waals surface area contributed by atoms with Gasteiger partial charge in [0, 0.05) is 23.7 Å². The second-order valence-electron chi connectivity index (χ2n) is 6.01. The smallest absolute Gasteiger partial charge is 0.204 e. The first-order chi connectivity index (χ1) is 10.5. The van der Waals surface area contributed by atoms with Crippen molar-refractivity contribution in [1.82, 2.24) is 4.90 Å². The molecule has 0 radical (unpaired) electrons. The SMILES string of the molecule is CN1CCc2cccc3c2[C@H]1Cc1c([18F])c([18F])c(O)c(O)c1-3. The quantitative estimate of drug-likeness (QED) is 0.735. The van der Waals surface area contributed by atoms with E-state index < -0.39 is 23.1 Å². The third-order valence-electron chi connectivity index (χ3n) is 4.89. The Morgan fingerprint density at radius 2 is 1.91 bits per heavy atom. The summed E-state index contributed by atoms with van der Waals surface area (Å²) in [6.07, 6.45) is 1.16. The third kappa shape index (κ3) is 1.57. The molecule has 0 fully saturated rings. The predicted octanol–water partition coefficient (Wildman–Crippen LogP) is 3.13. The molecule has 0 saturated carbocycles. The molecule has 3 nitrogen and oxygen atoms in total. The molecule has 5 heteroatoms. The molecule has 1 heterocycles. The first-order valence-electron chi connectivity index (χ1n) is 7.24. The van der Waals surface area contributed by atoms with Crippen LogP contribution in [0.1, 0.15) is 22.7 Å². The van der Waals surface area contributed by atoms with Crippen molar-refractivity contribution in [2.45, 2.75) is 18.9 Å². The van der Waals surface area contributed by atoms with Gasteiger partial charge in [0.05, 0.1) is 0 Å². The zero-order valence-electron chi connectivity index (χ0n) is 12.0. The standard InChI is InChI=1S/C17H15F2NO2/c1-20-6-5-8-3-2-4-9-12(8)11(20)7-10-13(9)16(21)17(22)15(19)14(10)18/h2-4,11,21-22H,5-7H2,1H3/t11-/m1/s1/i18-1,19-1. The normalized spacial score (nSPS) is 19.7. The maximum atomic E-state index is 14.3. The van der Waals surface area contributed by atoms with Crippen LogP contribution in [-0.2, 0) is 12.8 Å². The van der Waals surface area contributed by atoms with E-state index in [-0.39, 0.29) is 23.6 Å². The van der Waals surface area contributed by atoms with Gasteiger partial charge in [0.1, 0.15) is 0 Å². The zero-order valence-corrected chi connectivity index (χ0v) is 12.0. The van der Waals surface area contributed by atoms with Gasteiger partial charge in [0.2, 0.25) is 5.82 Å². The Bertz CT molecular complexity index is 804. The van der Waals surface area contributed by atoms with Crippen molar-refractivity contribution in [2.24, 2.45) is 0 Å². The van der Waals surface area contributed by atoms with E-state index in [4.69, 9.17) is 0 Å². The Morgan fingerprint density at radius 1 is 1.14 bits per heavy atom. The van der Waals surface area contributed by atoms with Crippen LogP contribution >= 0.6 is 0 Å². The van der Waals surface area contributed by atoms with E-state index in [0.29, 0.717) is 5.56 Å². The predicted molar refractivity (Wildman–Crippen MR) is 77.9 cm³/mol. The minimum Gasteiger partial charge on any atom is -0.504 e. The summed E-state index contributed by atoms with van der Waals surface area (Å²) in [7, 11) is 1.96. The molecule has 4 rings (SSSR count).